The van der Waals surface area contributed by atoms with Crippen molar-refractivity contribution in [1.82, 2.24) is 9.88 Å². The molecule has 0 saturated carbocycles. The van der Waals surface area contributed by atoms with Crippen molar-refractivity contribution in [2.24, 2.45) is 5.73 Å². The number of amides is 2. The lowest BCUT2D eigenvalue weighted by Crippen LogP contribution is -2.46. The van der Waals surface area contributed by atoms with Crippen LogP contribution in [-0.4, -0.2) is 40.8 Å². The van der Waals surface area contributed by atoms with E-state index < -0.39 is 0 Å². The highest BCUT2D eigenvalue weighted by Gasteiger charge is 2.22. The van der Waals surface area contributed by atoms with E-state index in [4.69, 9.17) is 5.73 Å². The van der Waals surface area contributed by atoms with E-state index in [0.29, 0.717) is 22.2 Å². The summed E-state index contributed by atoms with van der Waals surface area (Å²) in [5.74, 6) is -0.129. The summed E-state index contributed by atoms with van der Waals surface area (Å²) in [7, 11) is 0. The van der Waals surface area contributed by atoms with Gasteiger partial charge in [-0.3, -0.25) is 14.9 Å². The Morgan fingerprint density at radius 2 is 2.16 bits per heavy atom. The van der Waals surface area contributed by atoms with E-state index in [9.17, 15) is 9.59 Å². The predicted octanol–water partition coefficient (Wildman–Crippen LogP) is 2.79. The Kier molecular flexibility index (Phi) is 8.81. The molecule has 2 amide bonds. The van der Waals surface area contributed by atoms with Crippen molar-refractivity contribution >= 4 is 64.4 Å². The number of halogens is 2. The van der Waals surface area contributed by atoms with Crippen molar-refractivity contribution in [1.29, 1.82) is 0 Å². The maximum absolute atomic E-state index is 12.3. The van der Waals surface area contributed by atoms with E-state index in [1.54, 1.807) is 11.0 Å². The number of anilines is 1. The lowest BCUT2D eigenvalue weighted by atomic mass is 10.1. The number of carbonyl (C=O) groups is 2. The number of piperidine rings is 1. The van der Waals surface area contributed by atoms with Crippen molar-refractivity contribution in [3.05, 3.63) is 33.5 Å². The molecule has 0 aromatic carbocycles. The number of nitrogens with zero attached hydrogens (tertiary/aromatic N) is 2. The average molecular weight is 423 g/mol. The smallest absolute Gasteiger partial charge is 0.267 e. The number of nitrogens with two attached hydrogens (primary N) is 1. The van der Waals surface area contributed by atoms with E-state index in [2.05, 4.69) is 10.3 Å². The molecule has 25 heavy (non-hydrogen) atoms. The highest BCUT2D eigenvalue weighted by atomic mass is 35.5. The molecular weight excluding hydrogens is 403 g/mol. The van der Waals surface area contributed by atoms with Gasteiger partial charge < -0.3 is 10.6 Å². The fraction of sp³-hybridized carbons (Fsp3) is 0.400. The van der Waals surface area contributed by atoms with Crippen LogP contribution in [0.25, 0.3) is 0 Å². The molecule has 3 N–H and O–H groups in total. The van der Waals surface area contributed by atoms with Crippen molar-refractivity contribution < 1.29 is 9.59 Å². The third kappa shape index (κ3) is 5.93. The zero-order valence-corrected chi connectivity index (χ0v) is 16.6. The van der Waals surface area contributed by atoms with Crippen molar-refractivity contribution in [2.75, 3.05) is 18.4 Å². The first kappa shape index (κ1) is 21.9. The van der Waals surface area contributed by atoms with E-state index in [0.717, 1.165) is 19.4 Å². The van der Waals surface area contributed by atoms with Gasteiger partial charge in [0.05, 0.1) is 17.0 Å². The van der Waals surface area contributed by atoms with Gasteiger partial charge in [0.2, 0.25) is 5.91 Å². The van der Waals surface area contributed by atoms with Crippen LogP contribution in [-0.2, 0) is 11.2 Å². The molecule has 1 aliphatic heterocycles. The van der Waals surface area contributed by atoms with Gasteiger partial charge >= 0.3 is 0 Å². The molecule has 0 bridgehead atoms. The molecule has 6 nitrogen and oxygen atoms in total. The lowest BCUT2D eigenvalue weighted by molar-refractivity contribution is -0.131. The fourth-order valence-electron chi connectivity index (χ4n) is 2.52. The number of hydrogen-bond donors (Lipinski definition) is 2. The summed E-state index contributed by atoms with van der Waals surface area (Å²) in [5.41, 5.74) is 6.59. The Hall–Kier alpha value is -1.19. The molecule has 1 aliphatic rings. The van der Waals surface area contributed by atoms with Gasteiger partial charge in [-0.15, -0.1) is 47.5 Å². The van der Waals surface area contributed by atoms with Gasteiger partial charge in [-0.05, 0) is 24.3 Å². The summed E-state index contributed by atoms with van der Waals surface area (Å²) in [6.07, 6.45) is 2.17. The van der Waals surface area contributed by atoms with Crippen molar-refractivity contribution in [2.45, 2.75) is 25.3 Å². The predicted molar refractivity (Wildman–Crippen MR) is 106 cm³/mol. The van der Waals surface area contributed by atoms with E-state index in [-0.39, 0.29) is 49.1 Å². The molecule has 10 heteroatoms. The molecular formula is C15H20Cl2N4O2S2. The SMILES string of the molecule is Cl.Cl.NC1CCCN(C(=O)Cc2csc(NC(=O)c3cccs3)n2)C1. The molecule has 3 heterocycles. The van der Waals surface area contributed by atoms with Gasteiger partial charge in [0.15, 0.2) is 5.13 Å². The molecule has 1 atom stereocenters. The van der Waals surface area contributed by atoms with Gasteiger partial charge in [0.1, 0.15) is 0 Å². The quantitative estimate of drug-likeness (QED) is 0.792. The Morgan fingerprint density at radius 3 is 2.84 bits per heavy atom. The van der Waals surface area contributed by atoms with Crippen LogP contribution in [0.15, 0.2) is 22.9 Å². The highest BCUT2D eigenvalue weighted by Crippen LogP contribution is 2.19. The number of carbonyl (C=O) groups excluding carboxylic acids is 2. The Bertz CT molecular complexity index is 694. The molecule has 1 unspecified atom stereocenters. The van der Waals surface area contributed by atoms with Gasteiger partial charge in [-0.25, -0.2) is 4.98 Å². The van der Waals surface area contributed by atoms with Crippen LogP contribution in [0.2, 0.25) is 0 Å². The molecule has 2 aromatic heterocycles. The molecule has 1 saturated heterocycles. The van der Waals surface area contributed by atoms with Crippen LogP contribution < -0.4 is 11.1 Å². The number of thiazole rings is 1. The number of hydrogen-bond acceptors (Lipinski definition) is 6. The fourth-order valence-corrected chi connectivity index (χ4v) is 3.84. The minimum Gasteiger partial charge on any atom is -0.341 e. The average Bonchev–Trinajstić information content (AvgIpc) is 3.19. The van der Waals surface area contributed by atoms with Gasteiger partial charge in [-0.1, -0.05) is 6.07 Å². The van der Waals surface area contributed by atoms with E-state index >= 15 is 0 Å². The molecule has 0 radical (unpaired) electrons. The lowest BCUT2D eigenvalue weighted by Gasteiger charge is -2.30. The van der Waals surface area contributed by atoms with Crippen LogP contribution in [0.3, 0.4) is 0 Å². The number of thiophene rings is 1. The summed E-state index contributed by atoms with van der Waals surface area (Å²) in [4.78, 5) is 31.0. The zero-order valence-electron chi connectivity index (χ0n) is 13.3. The molecule has 2 aromatic rings. The van der Waals surface area contributed by atoms with E-state index in [1.807, 2.05) is 16.8 Å². The van der Waals surface area contributed by atoms with Crippen LogP contribution in [0.4, 0.5) is 5.13 Å². The van der Waals surface area contributed by atoms with Crippen LogP contribution in [0.5, 0.6) is 0 Å². The third-order valence-electron chi connectivity index (χ3n) is 3.66. The summed E-state index contributed by atoms with van der Waals surface area (Å²) in [5, 5.41) is 6.94. The van der Waals surface area contributed by atoms with Crippen molar-refractivity contribution in [3.63, 3.8) is 0 Å². The summed E-state index contributed by atoms with van der Waals surface area (Å²) in [6.45, 7) is 1.38. The Labute approximate surface area is 166 Å². The first-order valence-electron chi connectivity index (χ1n) is 7.44. The maximum atomic E-state index is 12.3. The van der Waals surface area contributed by atoms with E-state index in [1.165, 1.54) is 22.7 Å². The second-order valence-corrected chi connectivity index (χ2v) is 7.30. The minimum atomic E-state index is -0.172. The number of rotatable bonds is 4. The van der Waals surface area contributed by atoms with Gasteiger partial charge in [0, 0.05) is 24.5 Å². The molecule has 1 fully saturated rings. The number of nitrogens with one attached hydrogen (secondary N) is 1. The molecule has 0 spiro atoms. The first-order valence-corrected chi connectivity index (χ1v) is 9.20. The first-order chi connectivity index (χ1) is 11.1. The number of likely N-dealkylation sites (tertiary alicyclic amines) is 1. The third-order valence-corrected chi connectivity index (χ3v) is 5.34. The maximum Gasteiger partial charge on any atom is 0.267 e. The standard InChI is InChI=1S/C15H18N4O2S2.2ClH/c16-10-3-1-5-19(8-10)13(20)7-11-9-23-15(17-11)18-14(21)12-4-2-6-22-12;;/h2,4,6,9-10H,1,3,5,7-8,16H2,(H,17,18,21);2*1H. The summed E-state index contributed by atoms with van der Waals surface area (Å²) >= 11 is 2.71. The van der Waals surface area contributed by atoms with Crippen LogP contribution in [0, 0.1) is 0 Å². The molecule has 0 aliphatic carbocycles. The van der Waals surface area contributed by atoms with Crippen LogP contribution in [0.1, 0.15) is 28.2 Å². The normalized spacial score (nSPS) is 16.5. The molecule has 138 valence electrons. The Morgan fingerprint density at radius 1 is 1.36 bits per heavy atom. The number of aromatic nitrogens is 1. The Balaban J connectivity index is 0.00000156. The zero-order chi connectivity index (χ0) is 16.2. The highest BCUT2D eigenvalue weighted by molar-refractivity contribution is 7.14. The summed E-state index contributed by atoms with van der Waals surface area (Å²) < 4.78 is 0. The van der Waals surface area contributed by atoms with Gasteiger partial charge in [0.25, 0.3) is 5.91 Å². The topological polar surface area (TPSA) is 88.3 Å². The monoisotopic (exact) mass is 422 g/mol. The second kappa shape index (κ2) is 10.1. The largest absolute Gasteiger partial charge is 0.341 e. The summed E-state index contributed by atoms with van der Waals surface area (Å²) in [6, 6.07) is 3.66. The van der Waals surface area contributed by atoms with Crippen molar-refractivity contribution in [3.8, 4) is 0 Å². The van der Waals surface area contributed by atoms with Gasteiger partial charge in [-0.2, -0.15) is 0 Å². The molecule has 3 rings (SSSR count). The minimum absolute atomic E-state index is 0. The second-order valence-electron chi connectivity index (χ2n) is 5.49. The van der Waals surface area contributed by atoms with Crippen LogP contribution >= 0.6 is 47.5 Å².